The van der Waals surface area contributed by atoms with Gasteiger partial charge in [-0.05, 0) is 23.8 Å². The van der Waals surface area contributed by atoms with Gasteiger partial charge in [-0.2, -0.15) is 5.21 Å². The number of aliphatic hydroxyl groups is 1. The van der Waals surface area contributed by atoms with E-state index in [0.29, 0.717) is 23.2 Å². The normalized spacial score (nSPS) is 17.4. The van der Waals surface area contributed by atoms with Crippen LogP contribution in [0.4, 0.5) is 5.82 Å². The fraction of sp³-hybridized carbons (Fsp3) is 0.267. The number of rotatable bonds is 3. The topological polar surface area (TPSA) is 104 Å². The molecule has 0 aliphatic carbocycles. The van der Waals surface area contributed by atoms with Gasteiger partial charge >= 0.3 is 0 Å². The molecule has 1 unspecified atom stereocenters. The lowest BCUT2D eigenvalue weighted by Crippen LogP contribution is -2.22. The summed E-state index contributed by atoms with van der Waals surface area (Å²) in [5, 5.41) is 24.3. The number of hydrogen-bond donors (Lipinski definition) is 2. The van der Waals surface area contributed by atoms with E-state index in [4.69, 9.17) is 11.6 Å². The van der Waals surface area contributed by atoms with Crippen molar-refractivity contribution in [1.29, 1.82) is 0 Å². The summed E-state index contributed by atoms with van der Waals surface area (Å²) in [6.07, 6.45) is 0.380. The molecule has 0 amide bonds. The minimum absolute atomic E-state index is 0.326. The highest BCUT2D eigenvalue weighted by Gasteiger charge is 2.23. The highest BCUT2D eigenvalue weighted by Crippen LogP contribution is 2.27. The minimum atomic E-state index is -0.340. The van der Waals surface area contributed by atoms with Crippen LogP contribution in [0.25, 0.3) is 22.9 Å². The smallest absolute Gasteiger partial charge is 0.241 e. The van der Waals surface area contributed by atoms with Crippen LogP contribution in [0.3, 0.4) is 0 Å². The number of H-pyrrole nitrogens is 1. The van der Waals surface area contributed by atoms with Gasteiger partial charge in [0.25, 0.3) is 0 Å². The standard InChI is InChI=1S/C15H14ClN7O/c16-10-3-1-9(2-4-10)12-7-13(23-6-5-11(24)8-23)18-14(17-12)15-19-21-22-20-15/h1-4,7,11,24H,5-6,8H2,(H,19,20,21,22). The molecule has 24 heavy (non-hydrogen) atoms. The van der Waals surface area contributed by atoms with E-state index in [1.54, 1.807) is 0 Å². The van der Waals surface area contributed by atoms with Gasteiger partial charge < -0.3 is 10.0 Å². The zero-order valence-electron chi connectivity index (χ0n) is 12.6. The molecule has 2 N–H and O–H groups in total. The molecule has 1 saturated heterocycles. The van der Waals surface area contributed by atoms with Crippen LogP contribution in [0.2, 0.25) is 5.02 Å². The van der Waals surface area contributed by atoms with Gasteiger partial charge in [-0.25, -0.2) is 9.97 Å². The van der Waals surface area contributed by atoms with Crippen LogP contribution in [-0.4, -0.2) is 54.9 Å². The third-order valence-electron chi connectivity index (χ3n) is 3.89. The highest BCUT2D eigenvalue weighted by atomic mass is 35.5. The van der Waals surface area contributed by atoms with Crippen LogP contribution in [0.15, 0.2) is 30.3 Å². The number of halogens is 1. The van der Waals surface area contributed by atoms with Crippen LogP contribution in [0.1, 0.15) is 6.42 Å². The fourth-order valence-corrected chi connectivity index (χ4v) is 2.80. The second-order valence-electron chi connectivity index (χ2n) is 5.57. The molecule has 1 aliphatic heterocycles. The Labute approximate surface area is 142 Å². The number of hydrogen-bond acceptors (Lipinski definition) is 7. The van der Waals surface area contributed by atoms with Crippen molar-refractivity contribution in [2.24, 2.45) is 0 Å². The van der Waals surface area contributed by atoms with Crippen molar-refractivity contribution < 1.29 is 5.11 Å². The average molecular weight is 344 g/mol. The summed E-state index contributed by atoms with van der Waals surface area (Å²) >= 11 is 5.96. The molecule has 8 nitrogen and oxygen atoms in total. The second kappa shape index (κ2) is 6.14. The van der Waals surface area contributed by atoms with Gasteiger partial charge in [0.05, 0.1) is 11.8 Å². The average Bonchev–Trinajstić information content (AvgIpc) is 3.27. The van der Waals surface area contributed by atoms with E-state index in [2.05, 4.69) is 30.6 Å². The summed E-state index contributed by atoms with van der Waals surface area (Å²) in [4.78, 5) is 11.1. The number of β-amino-alcohol motifs (C(OH)–C–C–N with tert-alkyl or cyclic N) is 1. The SMILES string of the molecule is OC1CCN(c2cc(-c3ccc(Cl)cc3)nc(-c3nn[nH]n3)n2)C1. The Hall–Kier alpha value is -2.58. The lowest BCUT2D eigenvalue weighted by molar-refractivity contribution is 0.198. The zero-order valence-corrected chi connectivity index (χ0v) is 13.3. The summed E-state index contributed by atoms with van der Waals surface area (Å²) in [7, 11) is 0. The van der Waals surface area contributed by atoms with Crippen molar-refractivity contribution in [3.05, 3.63) is 35.4 Å². The van der Waals surface area contributed by atoms with E-state index in [1.165, 1.54) is 0 Å². The van der Waals surface area contributed by atoms with Crippen LogP contribution < -0.4 is 4.90 Å². The summed E-state index contributed by atoms with van der Waals surface area (Å²) in [5.74, 6) is 1.44. The number of aliphatic hydroxyl groups excluding tert-OH is 1. The first-order valence-electron chi connectivity index (χ1n) is 7.51. The van der Waals surface area contributed by atoms with Gasteiger partial charge in [0.1, 0.15) is 5.82 Å². The predicted octanol–water partition coefficient (Wildman–Crippen LogP) is 1.55. The third kappa shape index (κ3) is 2.93. The van der Waals surface area contributed by atoms with Crippen molar-refractivity contribution in [3.63, 3.8) is 0 Å². The Kier molecular flexibility index (Phi) is 3.83. The molecule has 0 bridgehead atoms. The van der Waals surface area contributed by atoms with Gasteiger partial charge in [-0.3, -0.25) is 0 Å². The maximum absolute atomic E-state index is 9.79. The van der Waals surface area contributed by atoms with Gasteiger partial charge in [0.2, 0.25) is 11.6 Å². The van der Waals surface area contributed by atoms with Crippen LogP contribution in [0, 0.1) is 0 Å². The molecule has 0 saturated carbocycles. The quantitative estimate of drug-likeness (QED) is 0.743. The largest absolute Gasteiger partial charge is 0.391 e. The van der Waals surface area contributed by atoms with Crippen LogP contribution in [-0.2, 0) is 0 Å². The Bertz CT molecular complexity index is 838. The molecule has 3 heterocycles. The van der Waals surface area contributed by atoms with Gasteiger partial charge in [-0.1, -0.05) is 23.7 Å². The van der Waals surface area contributed by atoms with Crippen molar-refractivity contribution in [3.8, 4) is 22.9 Å². The molecule has 0 radical (unpaired) electrons. The van der Waals surface area contributed by atoms with Gasteiger partial charge in [0, 0.05) is 29.7 Å². The van der Waals surface area contributed by atoms with Crippen molar-refractivity contribution in [2.45, 2.75) is 12.5 Å². The molecule has 1 atom stereocenters. The predicted molar refractivity (Wildman–Crippen MR) is 88.5 cm³/mol. The molecule has 1 aliphatic rings. The summed E-state index contributed by atoms with van der Waals surface area (Å²) < 4.78 is 0. The van der Waals surface area contributed by atoms with E-state index in [9.17, 15) is 5.11 Å². The van der Waals surface area contributed by atoms with Crippen LogP contribution in [0.5, 0.6) is 0 Å². The summed E-state index contributed by atoms with van der Waals surface area (Å²) in [5.41, 5.74) is 1.64. The van der Waals surface area contributed by atoms with Crippen molar-refractivity contribution in [1.82, 2.24) is 30.6 Å². The molecule has 0 spiro atoms. The molecule has 2 aromatic heterocycles. The Morgan fingerprint density at radius 1 is 1.17 bits per heavy atom. The minimum Gasteiger partial charge on any atom is -0.391 e. The Balaban J connectivity index is 1.80. The highest BCUT2D eigenvalue weighted by molar-refractivity contribution is 6.30. The lowest BCUT2D eigenvalue weighted by Gasteiger charge is -2.18. The number of nitrogens with one attached hydrogen (secondary N) is 1. The molecular formula is C15H14ClN7O. The third-order valence-corrected chi connectivity index (χ3v) is 4.14. The number of anilines is 1. The number of aromatic amines is 1. The van der Waals surface area contributed by atoms with Crippen molar-refractivity contribution >= 4 is 17.4 Å². The van der Waals surface area contributed by atoms with E-state index in [-0.39, 0.29) is 6.10 Å². The van der Waals surface area contributed by atoms with Gasteiger partial charge in [-0.15, -0.1) is 10.2 Å². The number of aromatic nitrogens is 6. The van der Waals surface area contributed by atoms with E-state index in [1.807, 2.05) is 35.2 Å². The van der Waals surface area contributed by atoms with Crippen molar-refractivity contribution in [2.75, 3.05) is 18.0 Å². The fourth-order valence-electron chi connectivity index (χ4n) is 2.67. The number of tetrazole rings is 1. The van der Waals surface area contributed by atoms with E-state index in [0.717, 1.165) is 30.0 Å². The maximum atomic E-state index is 9.79. The second-order valence-corrected chi connectivity index (χ2v) is 6.00. The summed E-state index contributed by atoms with van der Waals surface area (Å²) in [6.45, 7) is 1.28. The monoisotopic (exact) mass is 343 g/mol. The molecule has 122 valence electrons. The van der Waals surface area contributed by atoms with E-state index < -0.39 is 0 Å². The molecule has 4 rings (SSSR count). The molecular weight excluding hydrogens is 330 g/mol. The molecule has 9 heteroatoms. The first kappa shape index (κ1) is 15.0. The first-order chi connectivity index (χ1) is 11.7. The molecule has 1 aromatic carbocycles. The summed E-state index contributed by atoms with van der Waals surface area (Å²) in [6, 6.07) is 9.31. The maximum Gasteiger partial charge on any atom is 0.241 e. The van der Waals surface area contributed by atoms with Gasteiger partial charge in [0.15, 0.2) is 0 Å². The zero-order chi connectivity index (χ0) is 16.5. The first-order valence-corrected chi connectivity index (χ1v) is 7.89. The Morgan fingerprint density at radius 2 is 2.00 bits per heavy atom. The van der Waals surface area contributed by atoms with E-state index >= 15 is 0 Å². The lowest BCUT2D eigenvalue weighted by atomic mass is 10.1. The molecule has 1 fully saturated rings. The Morgan fingerprint density at radius 3 is 2.67 bits per heavy atom. The molecule has 3 aromatic rings. The van der Waals surface area contributed by atoms with Crippen LogP contribution >= 0.6 is 11.6 Å². The number of benzene rings is 1. The number of nitrogens with zero attached hydrogens (tertiary/aromatic N) is 6.